The Hall–Kier alpha value is -5.40. The molecule has 1 fully saturated rings. The van der Waals surface area contributed by atoms with Crippen LogP contribution in [0, 0.1) is 0 Å². The molecule has 14 nitrogen and oxygen atoms in total. The molecule has 230 valence electrons. The van der Waals surface area contributed by atoms with Gasteiger partial charge in [0.1, 0.15) is 23.9 Å². The van der Waals surface area contributed by atoms with E-state index >= 15 is 0 Å². The fourth-order valence-electron chi connectivity index (χ4n) is 5.00. The first kappa shape index (κ1) is 30.1. The van der Waals surface area contributed by atoms with E-state index < -0.39 is 0 Å². The molecule has 1 saturated heterocycles. The van der Waals surface area contributed by atoms with E-state index in [2.05, 4.69) is 42.2 Å². The molecule has 5 aromatic rings. The van der Waals surface area contributed by atoms with Crippen molar-refractivity contribution < 1.29 is 9.53 Å². The monoisotopic (exact) mass is 598 g/mol. The van der Waals surface area contributed by atoms with Gasteiger partial charge in [0.2, 0.25) is 11.9 Å². The Labute approximate surface area is 255 Å². The fourth-order valence-corrected chi connectivity index (χ4v) is 5.00. The third kappa shape index (κ3) is 7.32. The van der Waals surface area contributed by atoms with E-state index in [1.54, 1.807) is 12.3 Å². The normalized spacial score (nSPS) is 16.2. The second-order valence-corrected chi connectivity index (χ2v) is 10.5. The summed E-state index contributed by atoms with van der Waals surface area (Å²) in [4.78, 5) is 36.9. The number of fused-ring (bicyclic) bond motifs is 1. The SMILES string of the molecule is CCn1cc(Nc2nc(N(C)[C@@H]3CC[C@H](C)N(C(=O)OCc4ccccc4)C3)c3cc[nH]c3n2)cn1.Nc1ccnc(N)n1. The molecule has 1 amide bonds. The average Bonchev–Trinajstić information content (AvgIpc) is 3.70. The van der Waals surface area contributed by atoms with Crippen LogP contribution in [-0.4, -0.2) is 71.4 Å². The van der Waals surface area contributed by atoms with Crippen molar-refractivity contribution in [3.05, 3.63) is 72.8 Å². The number of aromatic nitrogens is 7. The van der Waals surface area contributed by atoms with Crippen LogP contribution in [0.5, 0.6) is 0 Å². The highest BCUT2D eigenvalue weighted by Gasteiger charge is 2.33. The second-order valence-electron chi connectivity index (χ2n) is 10.5. The number of aromatic amines is 1. The third-order valence-electron chi connectivity index (χ3n) is 7.48. The fraction of sp³-hybridized carbons (Fsp3) is 0.333. The van der Waals surface area contributed by atoms with E-state index in [1.807, 2.05) is 72.3 Å². The summed E-state index contributed by atoms with van der Waals surface area (Å²) in [6, 6.07) is 13.5. The minimum atomic E-state index is -0.283. The maximum absolute atomic E-state index is 13.0. The number of carbonyl (C=O) groups is 1. The lowest BCUT2D eigenvalue weighted by molar-refractivity contribution is 0.0676. The maximum Gasteiger partial charge on any atom is 0.410 e. The van der Waals surface area contributed by atoms with Gasteiger partial charge in [-0.3, -0.25) is 4.68 Å². The van der Waals surface area contributed by atoms with Crippen LogP contribution in [0.4, 0.5) is 34.0 Å². The van der Waals surface area contributed by atoms with Gasteiger partial charge in [0.15, 0.2) is 0 Å². The molecular formula is C30H38N12O2. The quantitative estimate of drug-likeness (QED) is 0.211. The van der Waals surface area contributed by atoms with Crippen LogP contribution in [0.2, 0.25) is 0 Å². The molecule has 6 rings (SSSR count). The van der Waals surface area contributed by atoms with Gasteiger partial charge in [0, 0.05) is 50.8 Å². The number of hydrogen-bond acceptors (Lipinski definition) is 11. The van der Waals surface area contributed by atoms with E-state index in [0.29, 0.717) is 18.3 Å². The van der Waals surface area contributed by atoms with Crippen molar-refractivity contribution in [2.75, 3.05) is 35.3 Å². The van der Waals surface area contributed by atoms with Gasteiger partial charge in [0.05, 0.1) is 17.3 Å². The van der Waals surface area contributed by atoms with E-state index in [4.69, 9.17) is 21.2 Å². The van der Waals surface area contributed by atoms with Crippen LogP contribution >= 0.6 is 0 Å². The van der Waals surface area contributed by atoms with Crippen molar-refractivity contribution in [3.8, 4) is 0 Å². The number of nitrogens with one attached hydrogen (secondary N) is 2. The molecule has 0 spiro atoms. The Bertz CT molecular complexity index is 1650. The van der Waals surface area contributed by atoms with Crippen LogP contribution < -0.4 is 21.7 Å². The highest BCUT2D eigenvalue weighted by molar-refractivity contribution is 5.89. The van der Waals surface area contributed by atoms with E-state index in [0.717, 1.165) is 47.5 Å². The summed E-state index contributed by atoms with van der Waals surface area (Å²) in [7, 11) is 2.03. The number of ether oxygens (including phenoxy) is 1. The summed E-state index contributed by atoms with van der Waals surface area (Å²) in [6.07, 6.45) is 8.61. The van der Waals surface area contributed by atoms with Crippen molar-refractivity contribution >= 4 is 46.3 Å². The van der Waals surface area contributed by atoms with E-state index in [9.17, 15) is 4.79 Å². The summed E-state index contributed by atoms with van der Waals surface area (Å²) in [5.74, 6) is 1.91. The van der Waals surface area contributed by atoms with Crippen LogP contribution in [0.25, 0.3) is 11.0 Å². The molecule has 1 aliphatic heterocycles. The number of nitrogens with two attached hydrogens (primary N) is 2. The molecule has 0 unspecified atom stereocenters. The van der Waals surface area contributed by atoms with Gasteiger partial charge in [-0.25, -0.2) is 9.78 Å². The number of H-pyrrole nitrogens is 1. The van der Waals surface area contributed by atoms with Crippen LogP contribution in [0.15, 0.2) is 67.3 Å². The Morgan fingerprint density at radius 1 is 1.14 bits per heavy atom. The average molecular weight is 599 g/mol. The summed E-state index contributed by atoms with van der Waals surface area (Å²) in [6.45, 7) is 5.73. The van der Waals surface area contributed by atoms with E-state index in [1.165, 1.54) is 6.20 Å². The Balaban J connectivity index is 0.000000418. The van der Waals surface area contributed by atoms with Gasteiger partial charge in [-0.15, -0.1) is 0 Å². The molecule has 0 bridgehead atoms. The number of benzene rings is 1. The number of likely N-dealkylation sites (tertiary alicyclic amines) is 1. The van der Waals surface area contributed by atoms with Crippen LogP contribution in [0.1, 0.15) is 32.3 Å². The van der Waals surface area contributed by atoms with Crippen LogP contribution in [-0.2, 0) is 17.9 Å². The van der Waals surface area contributed by atoms with Gasteiger partial charge < -0.3 is 36.3 Å². The van der Waals surface area contributed by atoms with Gasteiger partial charge in [-0.1, -0.05) is 30.3 Å². The second kappa shape index (κ2) is 13.7. The van der Waals surface area contributed by atoms with Crippen molar-refractivity contribution in [1.29, 1.82) is 0 Å². The number of rotatable bonds is 7. The van der Waals surface area contributed by atoms with Crippen LogP contribution in [0.3, 0.4) is 0 Å². The topological polar surface area (TPSA) is 182 Å². The lowest BCUT2D eigenvalue weighted by Gasteiger charge is -2.41. The van der Waals surface area contributed by atoms with Gasteiger partial charge in [-0.2, -0.15) is 20.1 Å². The zero-order chi connectivity index (χ0) is 31.1. The molecule has 1 aromatic carbocycles. The molecule has 1 aliphatic rings. The highest BCUT2D eigenvalue weighted by Crippen LogP contribution is 2.30. The Morgan fingerprint density at radius 3 is 2.66 bits per heavy atom. The zero-order valence-corrected chi connectivity index (χ0v) is 25.1. The number of likely N-dealkylation sites (N-methyl/N-ethyl adjacent to an activating group) is 1. The summed E-state index contributed by atoms with van der Waals surface area (Å²) < 4.78 is 7.49. The lowest BCUT2D eigenvalue weighted by Crippen LogP contribution is -2.52. The standard InChI is InChI=1S/C26H32N8O2.C4H6N4/c1-4-33-15-20(14-28-33)29-25-30-23-22(12-13-27-23)24(31-25)32(3)21-11-10-18(2)34(16-21)26(35)36-17-19-8-6-5-7-9-19;5-3-1-2-7-4(6)8-3/h5-9,12-15,18,21H,4,10-11,16-17H2,1-3H3,(H2,27,29,30,31);1-2H,(H4,5,6,7,8)/t18-,21+;/m0./s1. The summed E-state index contributed by atoms with van der Waals surface area (Å²) in [5.41, 5.74) is 12.9. The maximum atomic E-state index is 13.0. The molecule has 6 N–H and O–H groups in total. The highest BCUT2D eigenvalue weighted by atomic mass is 16.6. The van der Waals surface area contributed by atoms with Gasteiger partial charge in [0.25, 0.3) is 0 Å². The molecule has 0 radical (unpaired) electrons. The van der Waals surface area contributed by atoms with Crippen molar-refractivity contribution in [3.63, 3.8) is 0 Å². The first-order valence-electron chi connectivity index (χ1n) is 14.5. The lowest BCUT2D eigenvalue weighted by atomic mass is 9.98. The number of anilines is 5. The first-order valence-corrected chi connectivity index (χ1v) is 14.5. The molecule has 5 heterocycles. The van der Waals surface area contributed by atoms with E-state index in [-0.39, 0.29) is 30.7 Å². The van der Waals surface area contributed by atoms with Gasteiger partial charge >= 0.3 is 6.09 Å². The number of hydrogen-bond donors (Lipinski definition) is 4. The van der Waals surface area contributed by atoms with Crippen molar-refractivity contribution in [1.82, 2.24) is 39.6 Å². The number of amides is 1. The number of aryl methyl sites for hydroxylation is 1. The number of carbonyl (C=O) groups excluding carboxylic acids is 1. The molecule has 14 heteroatoms. The van der Waals surface area contributed by atoms with Gasteiger partial charge in [-0.05, 0) is 44.4 Å². The summed E-state index contributed by atoms with van der Waals surface area (Å²) in [5, 5.41) is 8.51. The first-order chi connectivity index (χ1) is 21.3. The number of nitrogen functional groups attached to an aromatic ring is 2. The summed E-state index contributed by atoms with van der Waals surface area (Å²) >= 11 is 0. The smallest absolute Gasteiger partial charge is 0.410 e. The zero-order valence-electron chi connectivity index (χ0n) is 25.1. The molecule has 2 atom stereocenters. The third-order valence-corrected chi connectivity index (χ3v) is 7.48. The minimum Gasteiger partial charge on any atom is -0.445 e. The predicted molar refractivity (Wildman–Crippen MR) is 170 cm³/mol. The molecule has 0 aliphatic carbocycles. The van der Waals surface area contributed by atoms with Crippen molar-refractivity contribution in [2.24, 2.45) is 0 Å². The number of nitrogens with zero attached hydrogens (tertiary/aromatic N) is 8. The minimum absolute atomic E-state index is 0.0918. The van der Waals surface area contributed by atoms with Crippen molar-refractivity contribution in [2.45, 2.75) is 51.9 Å². The number of piperidine rings is 1. The molecule has 44 heavy (non-hydrogen) atoms. The predicted octanol–water partition coefficient (Wildman–Crippen LogP) is 4.18. The molecule has 0 saturated carbocycles. The Morgan fingerprint density at radius 2 is 1.95 bits per heavy atom. The Kier molecular flexibility index (Phi) is 9.37. The molecule has 4 aromatic heterocycles. The largest absolute Gasteiger partial charge is 0.445 e. The molecular weight excluding hydrogens is 560 g/mol.